The van der Waals surface area contributed by atoms with Crippen LogP contribution >= 0.6 is 0 Å². The van der Waals surface area contributed by atoms with E-state index in [4.69, 9.17) is 0 Å². The third kappa shape index (κ3) is 1.98. The van der Waals surface area contributed by atoms with Crippen LogP contribution in [0.25, 0.3) is 0 Å². The molecule has 0 N–H and O–H groups in total. The van der Waals surface area contributed by atoms with Crippen LogP contribution in [0.3, 0.4) is 0 Å². The number of rotatable bonds is 3. The molecule has 1 saturated carbocycles. The van der Waals surface area contributed by atoms with Crippen LogP contribution in [0.5, 0.6) is 0 Å². The molecule has 1 amide bonds. The number of β-lactam (4-membered cyclic amide) rings is 1. The van der Waals surface area contributed by atoms with E-state index in [1.165, 1.54) is 12.8 Å². The van der Waals surface area contributed by atoms with Gasteiger partial charge in [0.05, 0.1) is 5.41 Å². The van der Waals surface area contributed by atoms with Crippen molar-refractivity contribution in [1.82, 2.24) is 9.88 Å². The van der Waals surface area contributed by atoms with Crippen molar-refractivity contribution in [2.75, 3.05) is 31.1 Å². The maximum atomic E-state index is 12.4. The van der Waals surface area contributed by atoms with Crippen LogP contribution in [0.1, 0.15) is 25.7 Å². The van der Waals surface area contributed by atoms with Gasteiger partial charge < -0.3 is 9.80 Å². The van der Waals surface area contributed by atoms with Gasteiger partial charge in [0.1, 0.15) is 5.82 Å². The summed E-state index contributed by atoms with van der Waals surface area (Å²) >= 11 is 0. The van der Waals surface area contributed by atoms with Gasteiger partial charge in [0.25, 0.3) is 0 Å². The molecule has 0 unspecified atom stereocenters. The van der Waals surface area contributed by atoms with Gasteiger partial charge in [0.15, 0.2) is 0 Å². The zero-order valence-corrected chi connectivity index (χ0v) is 11.8. The van der Waals surface area contributed by atoms with Crippen LogP contribution < -0.4 is 4.90 Å². The predicted molar refractivity (Wildman–Crippen MR) is 77.4 cm³/mol. The molecule has 106 valence electrons. The number of piperidine rings is 1. The minimum absolute atomic E-state index is 0.0276. The van der Waals surface area contributed by atoms with Gasteiger partial charge >= 0.3 is 0 Å². The van der Waals surface area contributed by atoms with E-state index in [1.807, 2.05) is 18.3 Å². The molecule has 3 heterocycles. The highest BCUT2D eigenvalue weighted by Crippen LogP contribution is 2.44. The molecule has 1 aliphatic carbocycles. The van der Waals surface area contributed by atoms with Gasteiger partial charge in [-0.25, -0.2) is 4.98 Å². The topological polar surface area (TPSA) is 36.4 Å². The third-order valence-corrected chi connectivity index (χ3v) is 5.10. The molecule has 1 spiro atoms. The van der Waals surface area contributed by atoms with Crippen LogP contribution in [0, 0.1) is 11.3 Å². The summed E-state index contributed by atoms with van der Waals surface area (Å²) in [7, 11) is 0. The Balaban J connectivity index is 1.37. The fourth-order valence-electron chi connectivity index (χ4n) is 3.59. The van der Waals surface area contributed by atoms with Crippen molar-refractivity contribution < 1.29 is 4.79 Å². The predicted octanol–water partition coefficient (Wildman–Crippen LogP) is 1.92. The molecule has 4 heteroatoms. The number of nitrogens with zero attached hydrogens (tertiary/aromatic N) is 3. The highest BCUT2D eigenvalue weighted by molar-refractivity contribution is 5.89. The highest BCUT2D eigenvalue weighted by Gasteiger charge is 2.53. The first-order valence-corrected chi connectivity index (χ1v) is 7.72. The van der Waals surface area contributed by atoms with Crippen molar-refractivity contribution in [3.8, 4) is 0 Å². The Morgan fingerprint density at radius 1 is 1.25 bits per heavy atom. The standard InChI is InChI=1S/C16H21N3O/c20-15-16(12-19(15)11-13-4-5-13)6-9-18(10-7-16)14-3-1-2-8-17-14/h1-3,8,13H,4-7,9-12H2. The number of aromatic nitrogens is 1. The summed E-state index contributed by atoms with van der Waals surface area (Å²) in [5, 5.41) is 0. The second kappa shape index (κ2) is 4.47. The van der Waals surface area contributed by atoms with Crippen molar-refractivity contribution >= 4 is 11.7 Å². The van der Waals surface area contributed by atoms with E-state index in [9.17, 15) is 4.79 Å². The van der Waals surface area contributed by atoms with E-state index in [-0.39, 0.29) is 5.41 Å². The van der Waals surface area contributed by atoms with Gasteiger partial charge in [0.2, 0.25) is 5.91 Å². The molecular formula is C16H21N3O. The maximum Gasteiger partial charge on any atom is 0.230 e. The second-order valence-electron chi connectivity index (χ2n) is 6.58. The summed E-state index contributed by atoms with van der Waals surface area (Å²) in [6.45, 7) is 3.93. The summed E-state index contributed by atoms with van der Waals surface area (Å²) in [6, 6.07) is 6.03. The Hall–Kier alpha value is -1.58. The first-order valence-electron chi connectivity index (χ1n) is 7.72. The summed E-state index contributed by atoms with van der Waals surface area (Å²) in [4.78, 5) is 21.2. The number of likely N-dealkylation sites (tertiary alicyclic amines) is 1. The van der Waals surface area contributed by atoms with Gasteiger partial charge in [-0.15, -0.1) is 0 Å². The van der Waals surface area contributed by atoms with Gasteiger partial charge in [-0.3, -0.25) is 4.79 Å². The normalized spacial score (nSPS) is 24.9. The van der Waals surface area contributed by atoms with E-state index in [1.54, 1.807) is 0 Å². The molecular weight excluding hydrogens is 250 g/mol. The molecule has 4 rings (SSSR count). The molecule has 0 aromatic carbocycles. The summed E-state index contributed by atoms with van der Waals surface area (Å²) < 4.78 is 0. The van der Waals surface area contributed by atoms with Crippen molar-refractivity contribution in [3.63, 3.8) is 0 Å². The molecule has 4 nitrogen and oxygen atoms in total. The Bertz CT molecular complexity index is 504. The smallest absolute Gasteiger partial charge is 0.230 e. The van der Waals surface area contributed by atoms with Crippen LogP contribution in [0.15, 0.2) is 24.4 Å². The molecule has 3 aliphatic rings. The summed E-state index contributed by atoms with van der Waals surface area (Å²) in [5.41, 5.74) is -0.0276. The molecule has 3 fully saturated rings. The second-order valence-corrected chi connectivity index (χ2v) is 6.58. The number of hydrogen-bond donors (Lipinski definition) is 0. The van der Waals surface area contributed by atoms with Gasteiger partial charge in [-0.2, -0.15) is 0 Å². The fraction of sp³-hybridized carbons (Fsp3) is 0.625. The van der Waals surface area contributed by atoms with Crippen molar-refractivity contribution in [1.29, 1.82) is 0 Å². The number of anilines is 1. The van der Waals surface area contributed by atoms with Gasteiger partial charge in [-0.1, -0.05) is 6.07 Å². The first-order chi connectivity index (χ1) is 9.77. The monoisotopic (exact) mass is 271 g/mol. The molecule has 2 saturated heterocycles. The van der Waals surface area contributed by atoms with Crippen molar-refractivity contribution in [2.45, 2.75) is 25.7 Å². The zero-order valence-electron chi connectivity index (χ0n) is 11.8. The summed E-state index contributed by atoms with van der Waals surface area (Å²) in [5.74, 6) is 2.28. The molecule has 20 heavy (non-hydrogen) atoms. The minimum Gasteiger partial charge on any atom is -0.357 e. The average Bonchev–Trinajstić information content (AvgIpc) is 3.32. The molecule has 1 aromatic rings. The Morgan fingerprint density at radius 2 is 2.05 bits per heavy atom. The molecule has 2 aliphatic heterocycles. The molecule has 0 bridgehead atoms. The van der Waals surface area contributed by atoms with Crippen LogP contribution in [-0.2, 0) is 4.79 Å². The largest absolute Gasteiger partial charge is 0.357 e. The van der Waals surface area contributed by atoms with E-state index in [2.05, 4.69) is 20.9 Å². The summed E-state index contributed by atoms with van der Waals surface area (Å²) in [6.07, 6.45) is 6.47. The van der Waals surface area contributed by atoms with Crippen molar-refractivity contribution in [2.24, 2.45) is 11.3 Å². The van der Waals surface area contributed by atoms with E-state index >= 15 is 0 Å². The number of carbonyl (C=O) groups excluding carboxylic acids is 1. The van der Waals surface area contributed by atoms with E-state index in [0.29, 0.717) is 5.91 Å². The average molecular weight is 271 g/mol. The lowest BCUT2D eigenvalue weighted by Gasteiger charge is -2.52. The lowest BCUT2D eigenvalue weighted by Crippen LogP contribution is -2.65. The first kappa shape index (κ1) is 12.2. The highest BCUT2D eigenvalue weighted by atomic mass is 16.2. The van der Waals surface area contributed by atoms with Crippen LogP contribution in [-0.4, -0.2) is 42.0 Å². The SMILES string of the molecule is O=C1N(CC2CC2)CC12CCN(c1ccccn1)CC2. The molecule has 0 radical (unpaired) electrons. The van der Waals surface area contributed by atoms with Gasteiger partial charge in [-0.05, 0) is 43.7 Å². The third-order valence-electron chi connectivity index (χ3n) is 5.10. The zero-order chi connectivity index (χ0) is 13.6. The maximum absolute atomic E-state index is 12.4. The van der Waals surface area contributed by atoms with Crippen molar-refractivity contribution in [3.05, 3.63) is 24.4 Å². The quantitative estimate of drug-likeness (QED) is 0.788. The Kier molecular flexibility index (Phi) is 2.72. The molecule has 1 aromatic heterocycles. The number of carbonyl (C=O) groups is 1. The minimum atomic E-state index is -0.0276. The van der Waals surface area contributed by atoms with E-state index in [0.717, 1.165) is 50.8 Å². The number of hydrogen-bond acceptors (Lipinski definition) is 3. The van der Waals surface area contributed by atoms with Crippen LogP contribution in [0.2, 0.25) is 0 Å². The van der Waals surface area contributed by atoms with Gasteiger partial charge in [0, 0.05) is 32.4 Å². The number of amides is 1. The Labute approximate surface area is 119 Å². The number of pyridine rings is 1. The lowest BCUT2D eigenvalue weighted by atomic mass is 9.71. The molecule has 0 atom stereocenters. The van der Waals surface area contributed by atoms with E-state index < -0.39 is 0 Å². The van der Waals surface area contributed by atoms with Crippen LogP contribution in [0.4, 0.5) is 5.82 Å². The Morgan fingerprint density at radius 3 is 2.65 bits per heavy atom. The fourth-order valence-corrected chi connectivity index (χ4v) is 3.59. The lowest BCUT2D eigenvalue weighted by molar-refractivity contribution is -0.162.